The van der Waals surface area contributed by atoms with Crippen LogP contribution in [0, 0.1) is 0 Å². The predicted molar refractivity (Wildman–Crippen MR) is 104 cm³/mol. The monoisotopic (exact) mass is 550 g/mol. The van der Waals surface area contributed by atoms with Gasteiger partial charge in [-0.05, 0) is 0 Å². The molecular formula is C16H22Se2Si2Sn. The summed E-state index contributed by atoms with van der Waals surface area (Å²) < 4.78 is 3.08. The van der Waals surface area contributed by atoms with E-state index in [1.165, 1.54) is 7.16 Å². The summed E-state index contributed by atoms with van der Waals surface area (Å²) in [7, 11) is 0. The Morgan fingerprint density at radius 1 is 0.619 bits per heavy atom. The molecule has 0 atom stereocenters. The maximum absolute atomic E-state index is 3.33. The molecule has 5 heteroatoms. The van der Waals surface area contributed by atoms with Gasteiger partial charge in [0.15, 0.2) is 0 Å². The zero-order valence-electron chi connectivity index (χ0n) is 13.1. The molecule has 0 fully saturated rings. The van der Waals surface area contributed by atoms with E-state index in [9.17, 15) is 0 Å². The van der Waals surface area contributed by atoms with Gasteiger partial charge in [-0.3, -0.25) is 0 Å². The van der Waals surface area contributed by atoms with E-state index in [0.29, 0.717) is 0 Å². The van der Waals surface area contributed by atoms with E-state index in [4.69, 9.17) is 0 Å². The van der Waals surface area contributed by atoms with E-state index in [0.717, 1.165) is 0 Å². The van der Waals surface area contributed by atoms with Crippen LogP contribution in [0.3, 0.4) is 0 Å². The van der Waals surface area contributed by atoms with Crippen molar-refractivity contribution in [3.05, 3.63) is 60.7 Å². The average molecular weight is 547 g/mol. The minimum absolute atomic E-state index is 0.517. The molecule has 0 aliphatic carbocycles. The first kappa shape index (κ1) is 19.8. The van der Waals surface area contributed by atoms with Crippen LogP contribution in [0.2, 0.25) is 26.2 Å². The molecule has 0 bridgehead atoms. The molecule has 0 N–H and O–H groups in total. The van der Waals surface area contributed by atoms with Crippen LogP contribution < -0.4 is 7.16 Å². The van der Waals surface area contributed by atoms with Gasteiger partial charge in [-0.1, -0.05) is 0 Å². The number of rotatable bonds is 3. The van der Waals surface area contributed by atoms with Gasteiger partial charge in [0, 0.05) is 0 Å². The van der Waals surface area contributed by atoms with Gasteiger partial charge >= 0.3 is 158 Å². The van der Waals surface area contributed by atoms with Crippen molar-refractivity contribution in [3.63, 3.8) is 0 Å². The van der Waals surface area contributed by atoms with Gasteiger partial charge in [0.25, 0.3) is 0 Å². The van der Waals surface area contributed by atoms with Crippen LogP contribution >= 0.6 is 0 Å². The van der Waals surface area contributed by atoms with Gasteiger partial charge in [0.2, 0.25) is 0 Å². The first-order valence-corrected chi connectivity index (χ1v) is 21.8. The Kier molecular flexibility index (Phi) is 8.58. The Balaban J connectivity index is 0.000000240. The van der Waals surface area contributed by atoms with Gasteiger partial charge in [0.05, 0.1) is 0 Å². The second kappa shape index (κ2) is 9.12. The summed E-state index contributed by atoms with van der Waals surface area (Å²) in [6, 6.07) is 21.6. The van der Waals surface area contributed by atoms with Crippen molar-refractivity contribution in [2.75, 3.05) is 0 Å². The van der Waals surface area contributed by atoms with Gasteiger partial charge in [-0.15, -0.1) is 0 Å². The fourth-order valence-electron chi connectivity index (χ4n) is 1.21. The molecule has 21 heavy (non-hydrogen) atoms. The molecule has 0 aliphatic heterocycles. The summed E-state index contributed by atoms with van der Waals surface area (Å²) in [5.74, 6) is 0. The van der Waals surface area contributed by atoms with Crippen LogP contribution in [0.4, 0.5) is 0 Å². The molecule has 0 aliphatic rings. The van der Waals surface area contributed by atoms with Crippen LogP contribution in [-0.2, 0) is 0 Å². The standard InChI is InChI=1S/2C6H5.C4H12Se2Si2.Sn/c2*1-2-4-6-5-3-1;1-7(2,5)8(3,4)6;/h2*1-5H;1-4H3;. The summed E-state index contributed by atoms with van der Waals surface area (Å²) in [6.45, 7) is 9.54. The van der Waals surface area contributed by atoms with Gasteiger partial charge in [-0.2, -0.15) is 0 Å². The van der Waals surface area contributed by atoms with Crippen LogP contribution in [0.25, 0.3) is 0 Å². The Labute approximate surface area is 157 Å². The molecule has 0 amide bonds. The van der Waals surface area contributed by atoms with E-state index in [-0.39, 0.29) is 0 Å². The molecule has 2 rings (SSSR count). The fraction of sp³-hybridized carbons (Fsp3) is 0.250. The second-order valence-electron chi connectivity index (χ2n) is 5.88. The van der Waals surface area contributed by atoms with E-state index in [2.05, 4.69) is 118 Å². The number of hydrogen-bond acceptors (Lipinski definition) is 0. The molecular weight excluding hydrogens is 525 g/mol. The van der Waals surface area contributed by atoms with Crippen molar-refractivity contribution >= 4 is 71.4 Å². The molecule has 0 spiro atoms. The molecule has 2 aromatic rings. The summed E-state index contributed by atoms with van der Waals surface area (Å²) in [5, 5.41) is 0. The van der Waals surface area contributed by atoms with Gasteiger partial charge < -0.3 is 0 Å². The van der Waals surface area contributed by atoms with Crippen LogP contribution in [0.1, 0.15) is 0 Å². The Bertz CT molecular complexity index is 470. The Morgan fingerprint density at radius 2 is 0.905 bits per heavy atom. The van der Waals surface area contributed by atoms with Crippen molar-refractivity contribution in [3.8, 4) is 0 Å². The topological polar surface area (TPSA) is 0 Å². The molecule has 0 unspecified atom stereocenters. The minimum atomic E-state index is -0.900. The van der Waals surface area contributed by atoms with Crippen LogP contribution in [-0.4, -0.2) is 64.3 Å². The van der Waals surface area contributed by atoms with Gasteiger partial charge in [0.1, 0.15) is 0 Å². The molecule has 0 saturated heterocycles. The van der Waals surface area contributed by atoms with Crippen molar-refractivity contribution in [2.24, 2.45) is 0 Å². The summed E-state index contributed by atoms with van der Waals surface area (Å²) in [6.07, 6.45) is -1.80. The third kappa shape index (κ3) is 8.21. The van der Waals surface area contributed by atoms with Crippen LogP contribution in [0.5, 0.6) is 0 Å². The van der Waals surface area contributed by atoms with E-state index < -0.39 is 33.5 Å². The van der Waals surface area contributed by atoms with Crippen molar-refractivity contribution in [1.82, 2.24) is 0 Å². The van der Waals surface area contributed by atoms with Crippen LogP contribution in [0.15, 0.2) is 60.7 Å². The molecule has 4 radical (unpaired) electrons. The quantitative estimate of drug-likeness (QED) is 0.518. The predicted octanol–water partition coefficient (Wildman–Crippen LogP) is 2.15. The average Bonchev–Trinajstić information content (AvgIpc) is 2.39. The molecule has 0 aromatic heterocycles. The first-order chi connectivity index (χ1) is 9.70. The van der Waals surface area contributed by atoms with Crippen molar-refractivity contribution in [2.45, 2.75) is 26.2 Å². The normalized spacial score (nSPS) is 11.5. The summed E-state index contributed by atoms with van der Waals surface area (Å²) in [5.41, 5.74) is 0. The molecule has 110 valence electrons. The van der Waals surface area contributed by atoms with Gasteiger partial charge in [-0.25, -0.2) is 0 Å². The van der Waals surface area contributed by atoms with Crippen molar-refractivity contribution < 1.29 is 0 Å². The summed E-state index contributed by atoms with van der Waals surface area (Å²) in [4.78, 5) is 0. The van der Waals surface area contributed by atoms with E-state index in [1.807, 2.05) is 0 Å². The fourth-order valence-corrected chi connectivity index (χ4v) is 4.21. The second-order valence-corrected chi connectivity index (χ2v) is 41.1. The summed E-state index contributed by atoms with van der Waals surface area (Å²) >= 11 is 6.13. The Hall–Kier alpha value is 0.711. The third-order valence-corrected chi connectivity index (χ3v) is 43.6. The SMILES string of the molecule is C[Si](C)([Se])[Si](C)(C)[Se].c1cc[c]([Sn][c]2ccccc2)cc1. The number of hydrogen-bond donors (Lipinski definition) is 0. The van der Waals surface area contributed by atoms with E-state index >= 15 is 0 Å². The molecule has 2 aromatic carbocycles. The van der Waals surface area contributed by atoms with E-state index in [1.54, 1.807) is 0 Å². The first-order valence-electron chi connectivity index (χ1n) is 6.98. The molecule has 0 nitrogen and oxygen atoms in total. The zero-order valence-corrected chi connectivity index (χ0v) is 21.4. The van der Waals surface area contributed by atoms with Crippen molar-refractivity contribution in [1.29, 1.82) is 0 Å². The molecule has 0 saturated carbocycles. The zero-order chi connectivity index (χ0) is 15.9. The Morgan fingerprint density at radius 3 is 1.14 bits per heavy atom. The third-order valence-electron chi connectivity index (χ3n) is 3.29. The maximum atomic E-state index is 3.33. The molecule has 0 heterocycles. The number of benzene rings is 2.